The standard InChI is InChI=1S/C16H17FO4/c17-12-5-3-11(4-6-12)16(8-1-2-9-16)15(19)21-13-7-10-20-14(13)18/h3-6,13H,1-2,7-10H2. The molecule has 0 amide bonds. The van der Waals surface area contributed by atoms with Gasteiger partial charge in [0.05, 0.1) is 12.0 Å². The Morgan fingerprint density at radius 2 is 1.90 bits per heavy atom. The lowest BCUT2D eigenvalue weighted by atomic mass is 9.79. The molecule has 1 aromatic carbocycles. The van der Waals surface area contributed by atoms with Gasteiger partial charge in [0.25, 0.3) is 0 Å². The van der Waals surface area contributed by atoms with E-state index < -0.39 is 23.5 Å². The zero-order valence-corrected chi connectivity index (χ0v) is 11.6. The van der Waals surface area contributed by atoms with Gasteiger partial charge < -0.3 is 9.47 Å². The zero-order chi connectivity index (χ0) is 14.9. The molecule has 1 atom stereocenters. The average Bonchev–Trinajstić information content (AvgIpc) is 3.10. The van der Waals surface area contributed by atoms with E-state index in [9.17, 15) is 14.0 Å². The number of esters is 2. The van der Waals surface area contributed by atoms with Crippen LogP contribution in [0, 0.1) is 5.82 Å². The molecule has 0 N–H and O–H groups in total. The minimum absolute atomic E-state index is 0.292. The molecule has 2 aliphatic rings. The second-order valence-electron chi connectivity index (χ2n) is 5.65. The third-order valence-electron chi connectivity index (χ3n) is 4.38. The Labute approximate surface area is 122 Å². The molecule has 3 rings (SSSR count). The van der Waals surface area contributed by atoms with Gasteiger partial charge in [0.1, 0.15) is 5.82 Å². The van der Waals surface area contributed by atoms with Crippen LogP contribution in [0.4, 0.5) is 4.39 Å². The number of halogens is 1. The molecule has 1 heterocycles. The monoisotopic (exact) mass is 292 g/mol. The number of cyclic esters (lactones) is 1. The molecule has 1 aromatic rings. The highest BCUT2D eigenvalue weighted by Gasteiger charge is 2.46. The van der Waals surface area contributed by atoms with E-state index in [0.717, 1.165) is 18.4 Å². The summed E-state index contributed by atoms with van der Waals surface area (Å²) in [7, 11) is 0. The lowest BCUT2D eigenvalue weighted by Crippen LogP contribution is -2.38. The largest absolute Gasteiger partial charge is 0.463 e. The lowest BCUT2D eigenvalue weighted by Gasteiger charge is -2.28. The molecular weight excluding hydrogens is 275 g/mol. The molecule has 21 heavy (non-hydrogen) atoms. The lowest BCUT2D eigenvalue weighted by molar-refractivity contribution is -0.164. The first-order chi connectivity index (χ1) is 10.1. The predicted octanol–water partition coefficient (Wildman–Crippen LogP) is 2.50. The molecule has 0 spiro atoms. The maximum atomic E-state index is 13.1. The second kappa shape index (κ2) is 5.47. The molecule has 0 radical (unpaired) electrons. The Hall–Kier alpha value is -1.91. The highest BCUT2D eigenvalue weighted by Crippen LogP contribution is 2.42. The van der Waals surface area contributed by atoms with Gasteiger partial charge in [0, 0.05) is 6.42 Å². The minimum atomic E-state index is -0.796. The fraction of sp³-hybridized carbons (Fsp3) is 0.500. The van der Waals surface area contributed by atoms with Gasteiger partial charge in [-0.1, -0.05) is 25.0 Å². The number of hydrogen-bond donors (Lipinski definition) is 0. The van der Waals surface area contributed by atoms with E-state index in [4.69, 9.17) is 9.47 Å². The molecule has 0 bridgehead atoms. The summed E-state index contributed by atoms with van der Waals surface area (Å²) in [6.07, 6.45) is 2.78. The van der Waals surface area contributed by atoms with Crippen molar-refractivity contribution in [2.24, 2.45) is 0 Å². The number of carbonyl (C=O) groups excluding carboxylic acids is 2. The number of ether oxygens (including phenoxy) is 2. The van der Waals surface area contributed by atoms with Crippen LogP contribution in [0.1, 0.15) is 37.7 Å². The Bertz CT molecular complexity index is 546. The Morgan fingerprint density at radius 1 is 1.24 bits per heavy atom. The van der Waals surface area contributed by atoms with E-state index in [0.29, 0.717) is 25.9 Å². The van der Waals surface area contributed by atoms with Crippen molar-refractivity contribution < 1.29 is 23.5 Å². The summed E-state index contributed by atoms with van der Waals surface area (Å²) in [4.78, 5) is 24.1. The highest BCUT2D eigenvalue weighted by atomic mass is 19.1. The van der Waals surface area contributed by atoms with Crippen molar-refractivity contribution in [3.05, 3.63) is 35.6 Å². The molecule has 1 aliphatic heterocycles. The van der Waals surface area contributed by atoms with Crippen molar-refractivity contribution >= 4 is 11.9 Å². The molecule has 5 heteroatoms. The quantitative estimate of drug-likeness (QED) is 0.803. The third-order valence-corrected chi connectivity index (χ3v) is 4.38. The SMILES string of the molecule is O=C1OCCC1OC(=O)C1(c2ccc(F)cc2)CCCC1. The summed E-state index contributed by atoms with van der Waals surface area (Å²) in [5.41, 5.74) is 0.00842. The van der Waals surface area contributed by atoms with Gasteiger partial charge in [-0.15, -0.1) is 0 Å². The predicted molar refractivity (Wildman–Crippen MR) is 72.0 cm³/mol. The zero-order valence-electron chi connectivity index (χ0n) is 11.6. The number of hydrogen-bond acceptors (Lipinski definition) is 4. The molecule has 0 aromatic heterocycles. The van der Waals surface area contributed by atoms with Gasteiger partial charge in [-0.25, -0.2) is 9.18 Å². The van der Waals surface area contributed by atoms with Crippen molar-refractivity contribution in [1.82, 2.24) is 0 Å². The van der Waals surface area contributed by atoms with Crippen molar-refractivity contribution in [1.29, 1.82) is 0 Å². The van der Waals surface area contributed by atoms with Gasteiger partial charge in [0.15, 0.2) is 0 Å². The number of carbonyl (C=O) groups is 2. The van der Waals surface area contributed by atoms with Gasteiger partial charge in [-0.05, 0) is 30.5 Å². The van der Waals surface area contributed by atoms with E-state index in [-0.39, 0.29) is 5.82 Å². The molecular formula is C16H17FO4. The number of rotatable bonds is 3. The number of benzene rings is 1. The van der Waals surface area contributed by atoms with Crippen LogP contribution in [0.15, 0.2) is 24.3 Å². The average molecular weight is 292 g/mol. The van der Waals surface area contributed by atoms with Crippen molar-refractivity contribution in [3.8, 4) is 0 Å². The summed E-state index contributed by atoms with van der Waals surface area (Å²) in [6.45, 7) is 0.292. The Morgan fingerprint density at radius 3 is 2.48 bits per heavy atom. The molecule has 1 unspecified atom stereocenters. The topological polar surface area (TPSA) is 52.6 Å². The third kappa shape index (κ3) is 2.52. The molecule has 4 nitrogen and oxygen atoms in total. The van der Waals surface area contributed by atoms with E-state index in [1.807, 2.05) is 0 Å². The van der Waals surface area contributed by atoms with Crippen LogP contribution in [0.2, 0.25) is 0 Å². The molecule has 1 saturated heterocycles. The van der Waals surface area contributed by atoms with Gasteiger partial charge >= 0.3 is 11.9 Å². The van der Waals surface area contributed by atoms with Gasteiger partial charge in [0.2, 0.25) is 6.10 Å². The van der Waals surface area contributed by atoms with Crippen molar-refractivity contribution in [2.45, 2.75) is 43.6 Å². The highest BCUT2D eigenvalue weighted by molar-refractivity contribution is 5.87. The molecule has 1 saturated carbocycles. The Kier molecular flexibility index (Phi) is 3.66. The van der Waals surface area contributed by atoms with Crippen LogP contribution in [0.25, 0.3) is 0 Å². The smallest absolute Gasteiger partial charge is 0.347 e. The Balaban J connectivity index is 1.84. The summed E-state index contributed by atoms with van der Waals surface area (Å²) in [5, 5.41) is 0. The first kappa shape index (κ1) is 14.0. The normalized spacial score (nSPS) is 23.9. The van der Waals surface area contributed by atoms with Crippen LogP contribution in [0.3, 0.4) is 0 Å². The van der Waals surface area contributed by atoms with Crippen LogP contribution < -0.4 is 0 Å². The first-order valence-electron chi connectivity index (χ1n) is 7.26. The fourth-order valence-corrected chi connectivity index (χ4v) is 3.18. The van der Waals surface area contributed by atoms with Gasteiger partial charge in [-0.3, -0.25) is 4.79 Å². The summed E-state index contributed by atoms with van der Waals surface area (Å²) >= 11 is 0. The summed E-state index contributed by atoms with van der Waals surface area (Å²) < 4.78 is 23.3. The summed E-state index contributed by atoms with van der Waals surface area (Å²) in [5.74, 6) is -1.20. The first-order valence-corrected chi connectivity index (χ1v) is 7.26. The van der Waals surface area contributed by atoms with Crippen molar-refractivity contribution in [2.75, 3.05) is 6.61 Å². The van der Waals surface area contributed by atoms with Crippen LogP contribution >= 0.6 is 0 Å². The second-order valence-corrected chi connectivity index (χ2v) is 5.65. The minimum Gasteiger partial charge on any atom is -0.463 e. The van der Waals surface area contributed by atoms with Gasteiger partial charge in [-0.2, -0.15) is 0 Å². The van der Waals surface area contributed by atoms with Crippen LogP contribution in [0.5, 0.6) is 0 Å². The molecule has 2 fully saturated rings. The maximum absolute atomic E-state index is 13.1. The molecule has 1 aliphatic carbocycles. The van der Waals surface area contributed by atoms with E-state index in [1.165, 1.54) is 12.1 Å². The van der Waals surface area contributed by atoms with E-state index >= 15 is 0 Å². The van der Waals surface area contributed by atoms with E-state index in [1.54, 1.807) is 12.1 Å². The fourth-order valence-electron chi connectivity index (χ4n) is 3.18. The van der Waals surface area contributed by atoms with E-state index in [2.05, 4.69) is 0 Å². The van der Waals surface area contributed by atoms with Crippen LogP contribution in [-0.4, -0.2) is 24.6 Å². The molecule has 112 valence electrons. The maximum Gasteiger partial charge on any atom is 0.347 e. The summed E-state index contributed by atoms with van der Waals surface area (Å²) in [6, 6.07) is 5.97. The van der Waals surface area contributed by atoms with Crippen molar-refractivity contribution in [3.63, 3.8) is 0 Å². The van der Waals surface area contributed by atoms with Crippen LogP contribution in [-0.2, 0) is 24.5 Å².